The zero-order valence-electron chi connectivity index (χ0n) is 20.2. The second kappa shape index (κ2) is 10.3. The SMILES string of the molecule is CCN1CC[C@H](n2c(O)c(C(Cc3ccc(Cl)cc3C(F)(F)F)=c3ccc4c(c3)C=NN=4)sc2=O)[C@@H](F)C1. The predicted molar refractivity (Wildman–Crippen MR) is 138 cm³/mol. The van der Waals surface area contributed by atoms with Gasteiger partial charge in [-0.25, -0.2) is 4.39 Å². The van der Waals surface area contributed by atoms with Gasteiger partial charge >= 0.3 is 11.0 Å². The number of rotatable bonds is 5. The Labute approximate surface area is 223 Å². The van der Waals surface area contributed by atoms with Crippen molar-refractivity contribution in [3.05, 3.63) is 83.2 Å². The summed E-state index contributed by atoms with van der Waals surface area (Å²) in [7, 11) is 0. The number of likely N-dealkylation sites (tertiary alicyclic amines) is 1. The van der Waals surface area contributed by atoms with E-state index in [4.69, 9.17) is 11.6 Å². The second-order valence-electron chi connectivity index (χ2n) is 9.23. The molecule has 0 amide bonds. The molecule has 0 aliphatic carbocycles. The number of hydrogen-bond acceptors (Lipinski definition) is 6. The number of thiazole rings is 1. The lowest BCUT2D eigenvalue weighted by Gasteiger charge is -2.34. The molecule has 3 aromatic rings. The lowest BCUT2D eigenvalue weighted by molar-refractivity contribution is -0.138. The first-order valence-electron chi connectivity index (χ1n) is 12.0. The average molecular weight is 567 g/mol. The highest BCUT2D eigenvalue weighted by Gasteiger charge is 2.36. The molecule has 1 N–H and O–H groups in total. The third kappa shape index (κ3) is 5.02. The molecule has 1 saturated heterocycles. The van der Waals surface area contributed by atoms with Crippen LogP contribution >= 0.6 is 22.9 Å². The molecular weight excluding hydrogens is 544 g/mol. The molecule has 2 atom stereocenters. The van der Waals surface area contributed by atoms with Gasteiger partial charge < -0.3 is 10.0 Å². The molecular formula is C26H23ClF4N4O2S. The van der Waals surface area contributed by atoms with Crippen molar-refractivity contribution in [2.45, 2.75) is 38.2 Å². The van der Waals surface area contributed by atoms with Gasteiger partial charge in [-0.05, 0) is 53.6 Å². The molecule has 5 rings (SSSR count). The maximum atomic E-state index is 15.1. The van der Waals surface area contributed by atoms with Crippen LogP contribution in [0, 0.1) is 0 Å². The number of alkyl halides is 4. The molecule has 200 valence electrons. The zero-order chi connectivity index (χ0) is 27.2. The van der Waals surface area contributed by atoms with Crippen LogP contribution < -0.4 is 15.4 Å². The van der Waals surface area contributed by atoms with Crippen molar-refractivity contribution in [3.8, 4) is 5.88 Å². The Morgan fingerprint density at radius 1 is 1.24 bits per heavy atom. The largest absolute Gasteiger partial charge is 0.493 e. The van der Waals surface area contributed by atoms with E-state index in [1.807, 2.05) is 11.8 Å². The Balaban J connectivity index is 1.68. The average Bonchev–Trinajstić information content (AvgIpc) is 3.46. The van der Waals surface area contributed by atoms with Crippen LogP contribution in [0.3, 0.4) is 0 Å². The summed E-state index contributed by atoms with van der Waals surface area (Å²) in [4.78, 5) is 14.5. The van der Waals surface area contributed by atoms with Crippen LogP contribution in [0.4, 0.5) is 17.6 Å². The molecule has 2 aliphatic heterocycles. The van der Waals surface area contributed by atoms with Gasteiger partial charge in [0.2, 0.25) is 5.88 Å². The van der Waals surface area contributed by atoms with Gasteiger partial charge in [-0.15, -0.1) is 0 Å². The lowest BCUT2D eigenvalue weighted by atomic mass is 9.96. The Hall–Kier alpha value is -3.02. The van der Waals surface area contributed by atoms with Crippen molar-refractivity contribution >= 4 is 34.7 Å². The molecule has 0 bridgehead atoms. The van der Waals surface area contributed by atoms with Crippen molar-refractivity contribution in [1.29, 1.82) is 0 Å². The quantitative estimate of drug-likeness (QED) is 0.468. The predicted octanol–water partition coefficient (Wildman–Crippen LogP) is 4.30. The number of piperidine rings is 1. The van der Waals surface area contributed by atoms with E-state index in [1.54, 1.807) is 18.2 Å². The number of fused-ring (bicyclic) bond motifs is 1. The van der Waals surface area contributed by atoms with Gasteiger partial charge in [-0.3, -0.25) is 9.36 Å². The fourth-order valence-corrected chi connectivity index (χ4v) is 6.13. The lowest BCUT2D eigenvalue weighted by Crippen LogP contribution is -2.44. The third-order valence-electron chi connectivity index (χ3n) is 6.94. The van der Waals surface area contributed by atoms with Crippen LogP contribution in [0.5, 0.6) is 5.88 Å². The standard InChI is InChI=1S/C26H23ClF4N4O2S/c1-2-34-8-7-22(20(28)13-34)35-24(36)23(38-25(35)37)18(14-4-6-21-16(9-14)12-32-33-21)10-15-3-5-17(27)11-19(15)26(29,30)31/h3-6,9,11-12,20,22,36H,2,7-8,10,13H2,1H3/t20-,22-/m0/s1. The first-order chi connectivity index (χ1) is 18.1. The number of halogens is 5. The molecule has 12 heteroatoms. The van der Waals surface area contributed by atoms with E-state index in [9.17, 15) is 23.1 Å². The van der Waals surface area contributed by atoms with E-state index in [0.717, 1.165) is 10.6 Å². The molecule has 0 saturated carbocycles. The van der Waals surface area contributed by atoms with E-state index in [2.05, 4.69) is 10.2 Å². The molecule has 0 unspecified atom stereocenters. The van der Waals surface area contributed by atoms with Gasteiger partial charge in [0.15, 0.2) is 0 Å². The highest BCUT2D eigenvalue weighted by Crippen LogP contribution is 2.38. The fourth-order valence-electron chi connectivity index (χ4n) is 4.96. The number of aromatic nitrogens is 1. The molecule has 2 aromatic carbocycles. The van der Waals surface area contributed by atoms with Gasteiger partial charge in [0.1, 0.15) is 6.17 Å². The Kier molecular flexibility index (Phi) is 7.19. The summed E-state index contributed by atoms with van der Waals surface area (Å²) >= 11 is 6.56. The molecule has 0 spiro atoms. The van der Waals surface area contributed by atoms with E-state index in [-0.39, 0.29) is 28.4 Å². The van der Waals surface area contributed by atoms with Gasteiger partial charge in [0.25, 0.3) is 0 Å². The van der Waals surface area contributed by atoms with Crippen LogP contribution in [0.1, 0.15) is 41.0 Å². The topological polar surface area (TPSA) is 70.2 Å². The molecule has 2 aliphatic rings. The number of hydrogen-bond donors (Lipinski definition) is 1. The first-order valence-corrected chi connectivity index (χ1v) is 13.2. The van der Waals surface area contributed by atoms with Gasteiger partial charge in [0, 0.05) is 30.1 Å². The summed E-state index contributed by atoms with van der Waals surface area (Å²) in [6, 6.07) is 7.64. The van der Waals surface area contributed by atoms with Crippen LogP contribution in [-0.2, 0) is 12.6 Å². The van der Waals surface area contributed by atoms with Crippen LogP contribution in [0.15, 0.2) is 51.4 Å². The minimum absolute atomic E-state index is 0.0657. The molecule has 6 nitrogen and oxygen atoms in total. The maximum absolute atomic E-state index is 15.1. The van der Waals surface area contributed by atoms with Crippen molar-refractivity contribution in [2.24, 2.45) is 10.2 Å². The molecule has 3 heterocycles. The van der Waals surface area contributed by atoms with Gasteiger partial charge in [-0.2, -0.15) is 23.4 Å². The van der Waals surface area contributed by atoms with Gasteiger partial charge in [0.05, 0.1) is 28.1 Å². The summed E-state index contributed by atoms with van der Waals surface area (Å²) < 4.78 is 57.9. The first kappa shape index (κ1) is 26.6. The second-order valence-corrected chi connectivity index (χ2v) is 10.6. The third-order valence-corrected chi connectivity index (χ3v) is 8.18. The molecule has 1 aromatic heterocycles. The smallest absolute Gasteiger partial charge is 0.416 e. The van der Waals surface area contributed by atoms with Crippen molar-refractivity contribution in [2.75, 3.05) is 19.6 Å². The van der Waals surface area contributed by atoms with Crippen LogP contribution in [0.2, 0.25) is 5.02 Å². The molecule has 0 radical (unpaired) electrons. The number of nitrogens with zero attached hydrogens (tertiary/aromatic N) is 4. The minimum Gasteiger partial charge on any atom is -0.493 e. The number of benzene rings is 2. The highest BCUT2D eigenvalue weighted by molar-refractivity contribution is 7.10. The Bertz CT molecular complexity index is 1600. The fraction of sp³-hybridized carbons (Fsp3) is 0.346. The summed E-state index contributed by atoms with van der Waals surface area (Å²) in [5, 5.41) is 20.1. The molecule has 38 heavy (non-hydrogen) atoms. The Morgan fingerprint density at radius 3 is 2.74 bits per heavy atom. The molecule has 1 fully saturated rings. The van der Waals surface area contributed by atoms with E-state index >= 15 is 4.39 Å². The van der Waals surface area contributed by atoms with E-state index in [0.29, 0.717) is 52.6 Å². The summed E-state index contributed by atoms with van der Waals surface area (Å²) in [5.41, 5.74) is -0.0562. The summed E-state index contributed by atoms with van der Waals surface area (Å²) in [6.07, 6.45) is -4.49. The van der Waals surface area contributed by atoms with Crippen LogP contribution in [0.25, 0.3) is 5.57 Å². The normalized spacial score (nSPS) is 20.4. The van der Waals surface area contributed by atoms with E-state index < -0.39 is 34.7 Å². The summed E-state index contributed by atoms with van der Waals surface area (Å²) in [5.74, 6) is -0.450. The van der Waals surface area contributed by atoms with E-state index in [1.165, 1.54) is 18.3 Å². The van der Waals surface area contributed by atoms with Crippen LogP contribution in [-0.4, -0.2) is 46.6 Å². The van der Waals surface area contributed by atoms with Crippen molar-refractivity contribution in [3.63, 3.8) is 0 Å². The minimum atomic E-state index is -4.68. The van der Waals surface area contributed by atoms with Crippen molar-refractivity contribution in [1.82, 2.24) is 9.47 Å². The van der Waals surface area contributed by atoms with Crippen molar-refractivity contribution < 1.29 is 22.7 Å². The summed E-state index contributed by atoms with van der Waals surface area (Å²) in [6.45, 7) is 3.27. The number of aromatic hydroxyl groups is 1. The monoisotopic (exact) mass is 566 g/mol. The zero-order valence-corrected chi connectivity index (χ0v) is 21.7. The highest BCUT2D eigenvalue weighted by atomic mass is 35.5. The van der Waals surface area contributed by atoms with Gasteiger partial charge in [-0.1, -0.05) is 42.0 Å². The maximum Gasteiger partial charge on any atom is 0.416 e. The Morgan fingerprint density at radius 2 is 2.03 bits per heavy atom.